The molecule has 100 valence electrons. The molecule has 1 aliphatic carbocycles. The maximum atomic E-state index is 12.9. The van der Waals surface area contributed by atoms with Gasteiger partial charge in [0.15, 0.2) is 0 Å². The van der Waals surface area contributed by atoms with Crippen molar-refractivity contribution >= 4 is 11.4 Å². The summed E-state index contributed by atoms with van der Waals surface area (Å²) in [7, 11) is 1.70. The number of nitrogens with two attached hydrogens (primary N) is 1. The van der Waals surface area contributed by atoms with Gasteiger partial charge in [-0.2, -0.15) is 13.2 Å². The molecule has 0 saturated heterocycles. The van der Waals surface area contributed by atoms with Crippen molar-refractivity contribution in [2.75, 3.05) is 24.2 Å². The van der Waals surface area contributed by atoms with Crippen LogP contribution in [-0.2, 0) is 6.18 Å². The monoisotopic (exact) mass is 258 g/mol. The van der Waals surface area contributed by atoms with Crippen molar-refractivity contribution in [3.63, 3.8) is 0 Å². The minimum absolute atomic E-state index is 0.138. The van der Waals surface area contributed by atoms with Crippen LogP contribution in [0.15, 0.2) is 18.2 Å². The van der Waals surface area contributed by atoms with Gasteiger partial charge in [0.25, 0.3) is 0 Å². The second kappa shape index (κ2) is 4.37. The standard InChI is InChI=1S/C13H17F3N2/c1-8-5-9(8)7-18(2)12-4-3-10(17)6-11(12)13(14,15)16/h3-4,6,8-9H,5,7,17H2,1-2H3. The van der Waals surface area contributed by atoms with Crippen LogP contribution in [0.4, 0.5) is 24.5 Å². The Kier molecular flexibility index (Phi) is 3.17. The molecule has 18 heavy (non-hydrogen) atoms. The van der Waals surface area contributed by atoms with E-state index in [1.807, 2.05) is 0 Å². The van der Waals surface area contributed by atoms with Crippen LogP contribution >= 0.6 is 0 Å². The second-order valence-electron chi connectivity index (χ2n) is 5.13. The highest BCUT2D eigenvalue weighted by Gasteiger charge is 2.37. The molecule has 2 atom stereocenters. The quantitative estimate of drug-likeness (QED) is 0.842. The van der Waals surface area contributed by atoms with Crippen molar-refractivity contribution in [3.8, 4) is 0 Å². The normalized spacial score (nSPS) is 22.9. The van der Waals surface area contributed by atoms with Gasteiger partial charge in [0.1, 0.15) is 0 Å². The number of anilines is 2. The van der Waals surface area contributed by atoms with Crippen LogP contribution in [-0.4, -0.2) is 13.6 Å². The Morgan fingerprint density at radius 1 is 1.39 bits per heavy atom. The lowest BCUT2D eigenvalue weighted by molar-refractivity contribution is -0.137. The summed E-state index contributed by atoms with van der Waals surface area (Å²) in [5, 5.41) is 0. The molecule has 2 rings (SSSR count). The molecule has 1 fully saturated rings. The average molecular weight is 258 g/mol. The smallest absolute Gasteiger partial charge is 0.399 e. The van der Waals surface area contributed by atoms with Gasteiger partial charge in [-0.1, -0.05) is 6.92 Å². The van der Waals surface area contributed by atoms with Gasteiger partial charge in [0.2, 0.25) is 0 Å². The van der Waals surface area contributed by atoms with Gasteiger partial charge < -0.3 is 10.6 Å². The molecule has 2 N–H and O–H groups in total. The van der Waals surface area contributed by atoms with E-state index in [4.69, 9.17) is 5.73 Å². The van der Waals surface area contributed by atoms with Crippen LogP contribution in [0.1, 0.15) is 18.9 Å². The van der Waals surface area contributed by atoms with E-state index in [1.54, 1.807) is 11.9 Å². The van der Waals surface area contributed by atoms with Gasteiger partial charge in [-0.15, -0.1) is 0 Å². The number of nitrogen functional groups attached to an aromatic ring is 1. The zero-order valence-electron chi connectivity index (χ0n) is 10.5. The Morgan fingerprint density at radius 3 is 2.50 bits per heavy atom. The van der Waals surface area contributed by atoms with E-state index in [2.05, 4.69) is 6.92 Å². The van der Waals surface area contributed by atoms with Gasteiger partial charge in [-0.25, -0.2) is 0 Å². The molecule has 0 spiro atoms. The predicted octanol–water partition coefficient (Wildman–Crippen LogP) is 3.38. The molecule has 5 heteroatoms. The van der Waals surface area contributed by atoms with Crippen molar-refractivity contribution in [1.82, 2.24) is 0 Å². The maximum Gasteiger partial charge on any atom is 0.418 e. The average Bonchev–Trinajstić information content (AvgIpc) is 2.92. The molecule has 0 heterocycles. The van der Waals surface area contributed by atoms with E-state index in [0.29, 0.717) is 18.4 Å². The van der Waals surface area contributed by atoms with Gasteiger partial charge in [-0.05, 0) is 36.5 Å². The van der Waals surface area contributed by atoms with Crippen molar-refractivity contribution < 1.29 is 13.2 Å². The third kappa shape index (κ3) is 2.71. The molecular weight excluding hydrogens is 241 g/mol. The van der Waals surface area contributed by atoms with E-state index in [0.717, 1.165) is 12.5 Å². The largest absolute Gasteiger partial charge is 0.418 e. The molecule has 0 aliphatic heterocycles. The van der Waals surface area contributed by atoms with Crippen LogP contribution in [0, 0.1) is 11.8 Å². The lowest BCUT2D eigenvalue weighted by Gasteiger charge is -2.24. The summed E-state index contributed by atoms with van der Waals surface area (Å²) < 4.78 is 38.8. The predicted molar refractivity (Wildman–Crippen MR) is 66.4 cm³/mol. The number of hydrogen-bond acceptors (Lipinski definition) is 2. The highest BCUT2D eigenvalue weighted by molar-refractivity contribution is 5.60. The zero-order chi connectivity index (χ0) is 13.5. The highest BCUT2D eigenvalue weighted by Crippen LogP contribution is 2.41. The molecule has 2 nitrogen and oxygen atoms in total. The minimum atomic E-state index is -4.37. The maximum absolute atomic E-state index is 12.9. The fourth-order valence-electron chi connectivity index (χ4n) is 2.22. The van der Waals surface area contributed by atoms with Crippen molar-refractivity contribution in [2.45, 2.75) is 19.5 Å². The number of rotatable bonds is 3. The zero-order valence-corrected chi connectivity index (χ0v) is 10.5. The van der Waals surface area contributed by atoms with E-state index in [1.165, 1.54) is 12.1 Å². The van der Waals surface area contributed by atoms with E-state index >= 15 is 0 Å². The Labute approximate surface area is 105 Å². The van der Waals surface area contributed by atoms with Crippen LogP contribution < -0.4 is 10.6 Å². The Bertz CT molecular complexity index is 442. The molecule has 1 saturated carbocycles. The molecular formula is C13H17F3N2. The third-order valence-electron chi connectivity index (χ3n) is 3.52. The first kappa shape index (κ1) is 13.1. The first-order valence-electron chi connectivity index (χ1n) is 5.97. The number of halogens is 3. The summed E-state index contributed by atoms with van der Waals surface area (Å²) in [4.78, 5) is 1.68. The molecule has 1 aromatic rings. The van der Waals surface area contributed by atoms with E-state index in [-0.39, 0.29) is 11.4 Å². The molecule has 0 amide bonds. The van der Waals surface area contributed by atoms with Gasteiger partial charge >= 0.3 is 6.18 Å². The molecule has 0 radical (unpaired) electrons. The summed E-state index contributed by atoms with van der Waals surface area (Å²) in [6, 6.07) is 3.96. The fraction of sp³-hybridized carbons (Fsp3) is 0.538. The Morgan fingerprint density at radius 2 is 2.00 bits per heavy atom. The summed E-state index contributed by atoms with van der Waals surface area (Å²) in [6.07, 6.45) is -3.27. The summed E-state index contributed by atoms with van der Waals surface area (Å²) in [5.41, 5.74) is 5.13. The number of nitrogens with zero attached hydrogens (tertiary/aromatic N) is 1. The lowest BCUT2D eigenvalue weighted by Crippen LogP contribution is -2.24. The fourth-order valence-corrected chi connectivity index (χ4v) is 2.22. The van der Waals surface area contributed by atoms with Crippen molar-refractivity contribution in [3.05, 3.63) is 23.8 Å². The molecule has 0 aromatic heterocycles. The first-order valence-corrected chi connectivity index (χ1v) is 5.97. The van der Waals surface area contributed by atoms with Gasteiger partial charge in [0.05, 0.1) is 5.56 Å². The summed E-state index contributed by atoms with van der Waals surface area (Å²) in [5.74, 6) is 1.13. The molecule has 0 bridgehead atoms. The summed E-state index contributed by atoms with van der Waals surface area (Å²) >= 11 is 0. The first-order chi connectivity index (χ1) is 8.29. The van der Waals surface area contributed by atoms with Crippen LogP contribution in [0.5, 0.6) is 0 Å². The summed E-state index contributed by atoms with van der Waals surface area (Å²) in [6.45, 7) is 2.78. The minimum Gasteiger partial charge on any atom is -0.399 e. The van der Waals surface area contributed by atoms with Crippen LogP contribution in [0.3, 0.4) is 0 Å². The molecule has 1 aromatic carbocycles. The lowest BCUT2D eigenvalue weighted by atomic mass is 10.1. The number of hydrogen-bond donors (Lipinski definition) is 1. The van der Waals surface area contributed by atoms with Crippen LogP contribution in [0.2, 0.25) is 0 Å². The molecule has 1 aliphatic rings. The van der Waals surface area contributed by atoms with Gasteiger partial charge in [-0.3, -0.25) is 0 Å². The van der Waals surface area contributed by atoms with Crippen LogP contribution in [0.25, 0.3) is 0 Å². The Balaban J connectivity index is 2.25. The second-order valence-corrected chi connectivity index (χ2v) is 5.13. The highest BCUT2D eigenvalue weighted by atomic mass is 19.4. The number of benzene rings is 1. The Hall–Kier alpha value is -1.39. The topological polar surface area (TPSA) is 29.3 Å². The van der Waals surface area contributed by atoms with E-state index in [9.17, 15) is 13.2 Å². The molecule has 2 unspecified atom stereocenters. The third-order valence-corrected chi connectivity index (χ3v) is 3.52. The number of alkyl halides is 3. The van der Waals surface area contributed by atoms with Crippen molar-refractivity contribution in [2.24, 2.45) is 11.8 Å². The SMILES string of the molecule is CC1CC1CN(C)c1ccc(N)cc1C(F)(F)F. The van der Waals surface area contributed by atoms with E-state index < -0.39 is 11.7 Å². The van der Waals surface area contributed by atoms with Crippen molar-refractivity contribution in [1.29, 1.82) is 0 Å². The van der Waals surface area contributed by atoms with Gasteiger partial charge in [0, 0.05) is 25.0 Å².